The first-order chi connectivity index (χ1) is 7.95. The zero-order valence-electron chi connectivity index (χ0n) is 10.7. The van der Waals surface area contributed by atoms with Crippen molar-refractivity contribution < 1.29 is 14.4 Å². The molecule has 0 aromatic heterocycles. The summed E-state index contributed by atoms with van der Waals surface area (Å²) in [5.41, 5.74) is 1.36. The third-order valence-electron chi connectivity index (χ3n) is 2.35. The summed E-state index contributed by atoms with van der Waals surface area (Å²) in [5.74, 6) is 5.26. The molecule has 4 nitrogen and oxygen atoms in total. The Hall–Kier alpha value is -1.55. The normalized spacial score (nSPS) is 10.8. The minimum Gasteiger partial charge on any atom is -0.491 e. The number of nitrogens with two attached hydrogens (primary N) is 1. The number of rotatable bonds is 4. The number of hydrogen-bond acceptors (Lipinski definition) is 4. The molecule has 0 heterocycles. The lowest BCUT2D eigenvalue weighted by atomic mass is 9.97. The Labute approximate surface area is 102 Å². The second-order valence-electron chi connectivity index (χ2n) is 4.48. The molecule has 0 aliphatic heterocycles. The summed E-state index contributed by atoms with van der Waals surface area (Å²) in [7, 11) is 0. The molecule has 0 unspecified atom stereocenters. The maximum absolute atomic E-state index is 11.6. The monoisotopic (exact) mass is 237 g/mol. The van der Waals surface area contributed by atoms with Crippen molar-refractivity contribution in [2.24, 2.45) is 5.90 Å². The molecule has 94 valence electrons. The first kappa shape index (κ1) is 13.5. The first-order valence-corrected chi connectivity index (χ1v) is 5.67. The molecule has 0 aliphatic rings. The van der Waals surface area contributed by atoms with Gasteiger partial charge < -0.3 is 9.57 Å². The van der Waals surface area contributed by atoms with Crippen molar-refractivity contribution in [2.45, 2.75) is 39.7 Å². The third-order valence-corrected chi connectivity index (χ3v) is 2.35. The molecule has 0 amide bonds. The van der Waals surface area contributed by atoms with Crippen LogP contribution < -0.4 is 10.6 Å². The van der Waals surface area contributed by atoms with Gasteiger partial charge in [-0.05, 0) is 37.5 Å². The second-order valence-corrected chi connectivity index (χ2v) is 4.48. The Morgan fingerprint density at radius 2 is 1.88 bits per heavy atom. The van der Waals surface area contributed by atoms with Crippen LogP contribution in [0.3, 0.4) is 0 Å². The summed E-state index contributed by atoms with van der Waals surface area (Å²) >= 11 is 0. The standard InChI is InChI=1S/C13H19NO3/c1-8(2)11-6-5-10(16-9(3)4)7-12(11)13(15)17-14/h5-9H,14H2,1-4H3. The molecule has 1 aromatic rings. The third kappa shape index (κ3) is 3.46. The van der Waals surface area contributed by atoms with Crippen LogP contribution in [0.15, 0.2) is 18.2 Å². The van der Waals surface area contributed by atoms with Crippen molar-refractivity contribution in [1.29, 1.82) is 0 Å². The highest BCUT2D eigenvalue weighted by molar-refractivity contribution is 5.91. The predicted molar refractivity (Wildman–Crippen MR) is 65.9 cm³/mol. The van der Waals surface area contributed by atoms with Gasteiger partial charge in [-0.3, -0.25) is 0 Å². The van der Waals surface area contributed by atoms with Gasteiger partial charge in [0.2, 0.25) is 0 Å². The topological polar surface area (TPSA) is 61.5 Å². The highest BCUT2D eigenvalue weighted by atomic mass is 16.7. The van der Waals surface area contributed by atoms with Gasteiger partial charge in [-0.15, -0.1) is 0 Å². The van der Waals surface area contributed by atoms with Crippen LogP contribution in [0.25, 0.3) is 0 Å². The Morgan fingerprint density at radius 1 is 1.24 bits per heavy atom. The largest absolute Gasteiger partial charge is 0.491 e. The van der Waals surface area contributed by atoms with E-state index in [-0.39, 0.29) is 12.0 Å². The number of benzene rings is 1. The quantitative estimate of drug-likeness (QED) is 0.818. The summed E-state index contributed by atoms with van der Waals surface area (Å²) < 4.78 is 5.54. The van der Waals surface area contributed by atoms with Gasteiger partial charge in [-0.1, -0.05) is 19.9 Å². The highest BCUT2D eigenvalue weighted by Gasteiger charge is 2.16. The van der Waals surface area contributed by atoms with Crippen LogP contribution in [0.4, 0.5) is 0 Å². The van der Waals surface area contributed by atoms with Gasteiger partial charge in [0.05, 0.1) is 11.7 Å². The van der Waals surface area contributed by atoms with Crippen LogP contribution in [0.2, 0.25) is 0 Å². The van der Waals surface area contributed by atoms with Crippen LogP contribution in [-0.4, -0.2) is 12.1 Å². The van der Waals surface area contributed by atoms with E-state index in [2.05, 4.69) is 4.84 Å². The van der Waals surface area contributed by atoms with E-state index in [0.717, 1.165) is 5.56 Å². The van der Waals surface area contributed by atoms with Crippen molar-refractivity contribution in [1.82, 2.24) is 0 Å². The van der Waals surface area contributed by atoms with Crippen LogP contribution in [-0.2, 0) is 4.84 Å². The van der Waals surface area contributed by atoms with Gasteiger partial charge in [0.15, 0.2) is 0 Å². The number of ether oxygens (including phenoxy) is 1. The summed E-state index contributed by atoms with van der Waals surface area (Å²) in [4.78, 5) is 15.9. The Morgan fingerprint density at radius 3 is 2.35 bits per heavy atom. The van der Waals surface area contributed by atoms with Crippen molar-refractivity contribution in [3.8, 4) is 5.75 Å². The fourth-order valence-corrected chi connectivity index (χ4v) is 1.62. The van der Waals surface area contributed by atoms with Crippen LogP contribution >= 0.6 is 0 Å². The summed E-state index contributed by atoms with van der Waals surface area (Å²) in [5, 5.41) is 0. The average Bonchev–Trinajstić information content (AvgIpc) is 2.26. The zero-order chi connectivity index (χ0) is 13.0. The second kappa shape index (κ2) is 5.68. The highest BCUT2D eigenvalue weighted by Crippen LogP contribution is 2.25. The SMILES string of the molecule is CC(C)Oc1ccc(C(C)C)c(C(=O)ON)c1. The average molecular weight is 237 g/mol. The van der Waals surface area contributed by atoms with Gasteiger partial charge in [-0.25, -0.2) is 4.79 Å². The van der Waals surface area contributed by atoms with E-state index >= 15 is 0 Å². The molecule has 17 heavy (non-hydrogen) atoms. The maximum Gasteiger partial charge on any atom is 0.357 e. The van der Waals surface area contributed by atoms with E-state index < -0.39 is 5.97 Å². The summed E-state index contributed by atoms with van der Waals surface area (Å²) in [6.07, 6.45) is 0.0571. The molecular formula is C13H19NO3. The number of carbonyl (C=O) groups is 1. The van der Waals surface area contributed by atoms with E-state index in [1.54, 1.807) is 6.07 Å². The molecule has 0 aliphatic carbocycles. The molecule has 4 heteroatoms. The molecule has 0 fully saturated rings. The van der Waals surface area contributed by atoms with Crippen molar-refractivity contribution in [3.63, 3.8) is 0 Å². The molecule has 1 aromatic carbocycles. The fraction of sp³-hybridized carbons (Fsp3) is 0.462. The Kier molecular flexibility index (Phi) is 4.52. The predicted octanol–water partition coefficient (Wildman–Crippen LogP) is 2.63. The van der Waals surface area contributed by atoms with Crippen LogP contribution in [0.1, 0.15) is 49.5 Å². The van der Waals surface area contributed by atoms with Crippen LogP contribution in [0.5, 0.6) is 5.75 Å². The van der Waals surface area contributed by atoms with Crippen molar-refractivity contribution in [3.05, 3.63) is 29.3 Å². The number of carbonyl (C=O) groups excluding carboxylic acids is 1. The van der Waals surface area contributed by atoms with Crippen molar-refractivity contribution in [2.75, 3.05) is 0 Å². The van der Waals surface area contributed by atoms with Crippen LogP contribution in [0, 0.1) is 0 Å². The van der Waals surface area contributed by atoms with E-state index in [0.29, 0.717) is 11.3 Å². The molecule has 2 N–H and O–H groups in total. The summed E-state index contributed by atoms with van der Waals surface area (Å²) in [6, 6.07) is 5.39. The van der Waals surface area contributed by atoms with Gasteiger partial charge in [0.1, 0.15) is 5.75 Å². The summed E-state index contributed by atoms with van der Waals surface area (Å²) in [6.45, 7) is 7.87. The maximum atomic E-state index is 11.6. The fourth-order valence-electron chi connectivity index (χ4n) is 1.62. The molecule has 0 radical (unpaired) electrons. The van der Waals surface area contributed by atoms with E-state index in [9.17, 15) is 4.79 Å². The Bertz CT molecular complexity index is 400. The van der Waals surface area contributed by atoms with E-state index in [1.807, 2.05) is 39.8 Å². The van der Waals surface area contributed by atoms with Crippen molar-refractivity contribution >= 4 is 5.97 Å². The molecular weight excluding hydrogens is 218 g/mol. The molecule has 1 rings (SSSR count). The first-order valence-electron chi connectivity index (χ1n) is 5.67. The van der Waals surface area contributed by atoms with E-state index in [1.165, 1.54) is 0 Å². The Balaban J connectivity index is 3.14. The molecule has 0 atom stereocenters. The minimum absolute atomic E-state index is 0.0571. The minimum atomic E-state index is -0.539. The number of hydrogen-bond donors (Lipinski definition) is 1. The van der Waals surface area contributed by atoms with Gasteiger partial charge in [-0.2, -0.15) is 5.90 Å². The lowest BCUT2D eigenvalue weighted by Crippen LogP contribution is -2.14. The van der Waals surface area contributed by atoms with E-state index in [4.69, 9.17) is 10.6 Å². The lowest BCUT2D eigenvalue weighted by Gasteiger charge is -2.14. The zero-order valence-corrected chi connectivity index (χ0v) is 10.7. The van der Waals surface area contributed by atoms with Gasteiger partial charge in [0, 0.05) is 0 Å². The molecule has 0 bridgehead atoms. The molecule has 0 spiro atoms. The molecule has 0 saturated carbocycles. The molecule has 0 saturated heterocycles. The van der Waals surface area contributed by atoms with Gasteiger partial charge in [0.25, 0.3) is 0 Å². The lowest BCUT2D eigenvalue weighted by molar-refractivity contribution is 0.0501. The smallest absolute Gasteiger partial charge is 0.357 e. The van der Waals surface area contributed by atoms with Gasteiger partial charge >= 0.3 is 5.97 Å².